The van der Waals surface area contributed by atoms with E-state index in [9.17, 15) is 4.39 Å². The van der Waals surface area contributed by atoms with E-state index in [1.165, 1.54) is 17.5 Å². The Morgan fingerprint density at radius 2 is 1.94 bits per heavy atom. The second-order valence-corrected chi connectivity index (χ2v) is 9.24. The molecule has 1 saturated heterocycles. The molecule has 0 spiro atoms. The summed E-state index contributed by atoms with van der Waals surface area (Å²) in [5.41, 5.74) is 4.56. The number of hydrogen-bond acceptors (Lipinski definition) is 8. The Kier molecular flexibility index (Phi) is 6.32. The van der Waals surface area contributed by atoms with E-state index in [0.717, 1.165) is 50.4 Å². The van der Waals surface area contributed by atoms with Crippen LogP contribution in [0.3, 0.4) is 0 Å². The van der Waals surface area contributed by atoms with Gasteiger partial charge in [0.2, 0.25) is 5.95 Å². The second-order valence-electron chi connectivity index (χ2n) is 9.24. The SMILES string of the molecule is CC(C)c1c2c(nn1C)CCN(c1nc(Nc3ccc(N4CCCNCC4)cn3)ncc1F)C2. The normalized spacial score (nSPS) is 16.5. The highest BCUT2D eigenvalue weighted by Gasteiger charge is 2.27. The van der Waals surface area contributed by atoms with Gasteiger partial charge in [0, 0.05) is 57.4 Å². The zero-order valence-corrected chi connectivity index (χ0v) is 20.1. The van der Waals surface area contributed by atoms with Gasteiger partial charge < -0.3 is 20.4 Å². The zero-order valence-electron chi connectivity index (χ0n) is 20.1. The average molecular weight is 466 g/mol. The highest BCUT2D eigenvalue weighted by atomic mass is 19.1. The molecule has 34 heavy (non-hydrogen) atoms. The summed E-state index contributed by atoms with van der Waals surface area (Å²) in [7, 11) is 1.98. The van der Waals surface area contributed by atoms with Gasteiger partial charge in [-0.1, -0.05) is 13.8 Å². The number of aromatic nitrogens is 5. The molecular formula is C24H32FN9. The predicted octanol–water partition coefficient (Wildman–Crippen LogP) is 2.97. The highest BCUT2D eigenvalue weighted by molar-refractivity contribution is 5.56. The molecule has 3 aromatic heterocycles. The Labute approximate surface area is 199 Å². The summed E-state index contributed by atoms with van der Waals surface area (Å²) in [6, 6.07) is 3.96. The molecule has 0 aliphatic carbocycles. The van der Waals surface area contributed by atoms with Crippen LogP contribution in [0.2, 0.25) is 0 Å². The van der Waals surface area contributed by atoms with Crippen molar-refractivity contribution < 1.29 is 4.39 Å². The number of hydrogen-bond donors (Lipinski definition) is 2. The van der Waals surface area contributed by atoms with Gasteiger partial charge in [-0.3, -0.25) is 4.68 Å². The lowest BCUT2D eigenvalue weighted by molar-refractivity contribution is 0.593. The highest BCUT2D eigenvalue weighted by Crippen LogP contribution is 2.30. The van der Waals surface area contributed by atoms with Crippen LogP contribution >= 0.6 is 0 Å². The van der Waals surface area contributed by atoms with Crippen molar-refractivity contribution in [2.24, 2.45) is 7.05 Å². The standard InChI is InChI=1S/C24H32FN9/c1-16(2)22-18-15-34(11-7-20(18)31-32(22)3)23-19(25)14-28-24(30-23)29-21-6-5-17(13-27-21)33-10-4-8-26-9-12-33/h5-6,13-14,16,26H,4,7-12,15H2,1-3H3,(H,27,28,29,30). The summed E-state index contributed by atoms with van der Waals surface area (Å²) in [4.78, 5) is 17.5. The van der Waals surface area contributed by atoms with Gasteiger partial charge in [-0.05, 0) is 31.0 Å². The summed E-state index contributed by atoms with van der Waals surface area (Å²) in [6.45, 7) is 9.56. The Morgan fingerprint density at radius 1 is 1.06 bits per heavy atom. The molecule has 0 atom stereocenters. The number of halogens is 1. The fourth-order valence-electron chi connectivity index (χ4n) is 4.93. The number of pyridine rings is 1. The molecule has 10 heteroatoms. The van der Waals surface area contributed by atoms with Crippen molar-refractivity contribution >= 4 is 23.3 Å². The number of anilines is 4. The van der Waals surface area contributed by atoms with Crippen molar-refractivity contribution in [2.45, 2.75) is 39.2 Å². The summed E-state index contributed by atoms with van der Waals surface area (Å²) in [5, 5.41) is 11.2. The molecule has 3 aromatic rings. The van der Waals surface area contributed by atoms with E-state index in [-0.39, 0.29) is 0 Å². The minimum atomic E-state index is -0.429. The number of nitrogens with zero attached hydrogens (tertiary/aromatic N) is 7. The predicted molar refractivity (Wildman–Crippen MR) is 131 cm³/mol. The van der Waals surface area contributed by atoms with Crippen LogP contribution in [0.4, 0.5) is 27.7 Å². The maximum absolute atomic E-state index is 14.8. The summed E-state index contributed by atoms with van der Waals surface area (Å²) in [5.74, 6) is 1.17. The van der Waals surface area contributed by atoms with E-state index in [1.54, 1.807) is 0 Å². The minimum Gasteiger partial charge on any atom is -0.369 e. The van der Waals surface area contributed by atoms with Gasteiger partial charge in [0.05, 0.1) is 23.8 Å². The van der Waals surface area contributed by atoms with E-state index < -0.39 is 5.82 Å². The molecule has 0 saturated carbocycles. The third kappa shape index (κ3) is 4.54. The molecule has 0 bridgehead atoms. The fourth-order valence-corrected chi connectivity index (χ4v) is 4.93. The van der Waals surface area contributed by atoms with E-state index in [4.69, 9.17) is 0 Å². The van der Waals surface area contributed by atoms with Crippen molar-refractivity contribution in [3.05, 3.63) is 47.3 Å². The first-order chi connectivity index (χ1) is 16.5. The number of aryl methyl sites for hydroxylation is 1. The van der Waals surface area contributed by atoms with Gasteiger partial charge in [-0.2, -0.15) is 10.1 Å². The molecule has 0 aromatic carbocycles. The van der Waals surface area contributed by atoms with Crippen LogP contribution in [0, 0.1) is 5.82 Å². The van der Waals surface area contributed by atoms with Crippen LogP contribution in [-0.4, -0.2) is 57.5 Å². The van der Waals surface area contributed by atoms with E-state index >= 15 is 0 Å². The molecule has 2 aliphatic rings. The van der Waals surface area contributed by atoms with Gasteiger partial charge in [-0.25, -0.2) is 14.4 Å². The van der Waals surface area contributed by atoms with Gasteiger partial charge in [-0.15, -0.1) is 0 Å². The van der Waals surface area contributed by atoms with Crippen LogP contribution in [-0.2, 0) is 20.0 Å². The van der Waals surface area contributed by atoms with Crippen LogP contribution in [0.25, 0.3) is 0 Å². The van der Waals surface area contributed by atoms with Gasteiger partial charge in [0.15, 0.2) is 11.6 Å². The van der Waals surface area contributed by atoms with Crippen LogP contribution in [0.15, 0.2) is 24.5 Å². The van der Waals surface area contributed by atoms with Crippen molar-refractivity contribution in [2.75, 3.05) is 47.8 Å². The molecule has 1 fully saturated rings. The van der Waals surface area contributed by atoms with Crippen molar-refractivity contribution in [3.63, 3.8) is 0 Å². The maximum atomic E-state index is 14.8. The zero-order chi connectivity index (χ0) is 23.7. The Hall–Kier alpha value is -3.27. The number of fused-ring (bicyclic) bond motifs is 1. The smallest absolute Gasteiger partial charge is 0.230 e. The Morgan fingerprint density at radius 3 is 2.74 bits per heavy atom. The largest absolute Gasteiger partial charge is 0.369 e. The first-order valence-corrected chi connectivity index (χ1v) is 12.0. The monoisotopic (exact) mass is 465 g/mol. The van der Waals surface area contributed by atoms with Gasteiger partial charge in [0.25, 0.3) is 0 Å². The van der Waals surface area contributed by atoms with Crippen molar-refractivity contribution in [3.8, 4) is 0 Å². The molecule has 5 rings (SSSR count). The quantitative estimate of drug-likeness (QED) is 0.595. The molecule has 5 heterocycles. The van der Waals surface area contributed by atoms with Crippen LogP contribution < -0.4 is 20.4 Å². The van der Waals surface area contributed by atoms with E-state index in [2.05, 4.69) is 49.4 Å². The number of nitrogens with one attached hydrogen (secondary N) is 2. The summed E-state index contributed by atoms with van der Waals surface area (Å²) < 4.78 is 16.7. The van der Waals surface area contributed by atoms with E-state index in [0.29, 0.717) is 36.6 Å². The lowest BCUT2D eigenvalue weighted by Crippen LogP contribution is -2.32. The Bertz CT molecular complexity index is 1130. The summed E-state index contributed by atoms with van der Waals surface area (Å²) in [6.07, 6.45) is 4.96. The molecule has 180 valence electrons. The molecule has 0 radical (unpaired) electrons. The lowest BCUT2D eigenvalue weighted by Gasteiger charge is -2.28. The first-order valence-electron chi connectivity index (χ1n) is 12.0. The molecule has 0 unspecified atom stereocenters. The van der Waals surface area contributed by atoms with Gasteiger partial charge >= 0.3 is 0 Å². The van der Waals surface area contributed by atoms with Crippen LogP contribution in [0.1, 0.15) is 43.1 Å². The topological polar surface area (TPSA) is 87.0 Å². The van der Waals surface area contributed by atoms with Crippen molar-refractivity contribution in [1.82, 2.24) is 30.0 Å². The third-order valence-electron chi connectivity index (χ3n) is 6.51. The van der Waals surface area contributed by atoms with E-state index in [1.807, 2.05) is 35.0 Å². The van der Waals surface area contributed by atoms with Crippen molar-refractivity contribution in [1.29, 1.82) is 0 Å². The molecule has 2 aliphatic heterocycles. The molecule has 2 N–H and O–H groups in total. The fraction of sp³-hybridized carbons (Fsp3) is 0.500. The molecular weight excluding hydrogens is 433 g/mol. The Balaban J connectivity index is 1.32. The number of rotatable bonds is 5. The first kappa shape index (κ1) is 22.5. The third-order valence-corrected chi connectivity index (χ3v) is 6.51. The second kappa shape index (κ2) is 9.54. The van der Waals surface area contributed by atoms with Crippen LogP contribution in [0.5, 0.6) is 0 Å². The maximum Gasteiger partial charge on any atom is 0.230 e. The molecule has 9 nitrogen and oxygen atoms in total. The lowest BCUT2D eigenvalue weighted by atomic mass is 9.99. The molecule has 0 amide bonds. The minimum absolute atomic E-state index is 0.301. The van der Waals surface area contributed by atoms with Gasteiger partial charge in [0.1, 0.15) is 5.82 Å². The average Bonchev–Trinajstić information content (AvgIpc) is 2.98. The summed E-state index contributed by atoms with van der Waals surface area (Å²) >= 11 is 0.